The molecule has 0 aromatic heterocycles. The number of carbonyl (C=O) groups is 1. The molecule has 1 heterocycles. The predicted molar refractivity (Wildman–Crippen MR) is 83.0 cm³/mol. The van der Waals surface area contributed by atoms with Gasteiger partial charge in [-0.05, 0) is 49.1 Å². The van der Waals surface area contributed by atoms with E-state index >= 15 is 0 Å². The summed E-state index contributed by atoms with van der Waals surface area (Å²) in [5, 5.41) is 8.60. The maximum absolute atomic E-state index is 10.5. The Balaban J connectivity index is 1.82. The van der Waals surface area contributed by atoms with Crippen molar-refractivity contribution >= 4 is 12.0 Å². The predicted octanol–water partition coefficient (Wildman–Crippen LogP) is 2.64. The highest BCUT2D eigenvalue weighted by Gasteiger charge is 2.18. The number of nitrogens with zero attached hydrogens (tertiary/aromatic N) is 1. The molecule has 4 heteroatoms. The molecule has 1 aliphatic heterocycles. The first-order valence-electron chi connectivity index (χ1n) is 7.38. The van der Waals surface area contributed by atoms with Crippen LogP contribution in [0.15, 0.2) is 30.3 Å². The minimum atomic E-state index is -0.919. The Bertz CT molecular complexity index is 473. The third-order valence-electron chi connectivity index (χ3n) is 3.91. The summed E-state index contributed by atoms with van der Waals surface area (Å²) in [5.41, 5.74) is 2.19. The second-order valence-electron chi connectivity index (χ2n) is 5.59. The van der Waals surface area contributed by atoms with E-state index in [4.69, 9.17) is 9.84 Å². The zero-order chi connectivity index (χ0) is 15.1. The number of rotatable bonds is 6. The van der Waals surface area contributed by atoms with Crippen LogP contribution in [0.5, 0.6) is 0 Å². The van der Waals surface area contributed by atoms with Gasteiger partial charge in [-0.3, -0.25) is 4.90 Å². The van der Waals surface area contributed by atoms with Crippen LogP contribution in [-0.4, -0.2) is 42.8 Å². The van der Waals surface area contributed by atoms with Crippen LogP contribution in [0.2, 0.25) is 0 Å². The smallest absolute Gasteiger partial charge is 0.328 e. The van der Waals surface area contributed by atoms with Gasteiger partial charge >= 0.3 is 5.97 Å². The summed E-state index contributed by atoms with van der Waals surface area (Å²) in [6.07, 6.45) is 5.18. The Kier molecular flexibility index (Phi) is 5.96. The zero-order valence-electron chi connectivity index (χ0n) is 12.5. The van der Waals surface area contributed by atoms with Crippen molar-refractivity contribution in [2.45, 2.75) is 19.4 Å². The maximum Gasteiger partial charge on any atom is 0.328 e. The molecule has 0 unspecified atom stereocenters. The number of carboxylic acids is 1. The summed E-state index contributed by atoms with van der Waals surface area (Å²) in [6, 6.07) is 8.07. The molecule has 1 N–H and O–H groups in total. The van der Waals surface area contributed by atoms with Crippen LogP contribution in [-0.2, 0) is 16.1 Å². The monoisotopic (exact) mass is 289 g/mol. The lowest BCUT2D eigenvalue weighted by Crippen LogP contribution is -2.34. The van der Waals surface area contributed by atoms with Gasteiger partial charge in [0.25, 0.3) is 0 Å². The molecule has 21 heavy (non-hydrogen) atoms. The van der Waals surface area contributed by atoms with E-state index in [0.717, 1.165) is 37.9 Å². The van der Waals surface area contributed by atoms with Crippen molar-refractivity contribution < 1.29 is 14.6 Å². The molecule has 4 nitrogen and oxygen atoms in total. The number of carboxylic acid groups (broad SMARTS) is 1. The van der Waals surface area contributed by atoms with E-state index in [9.17, 15) is 4.79 Å². The van der Waals surface area contributed by atoms with Crippen molar-refractivity contribution in [1.82, 2.24) is 4.90 Å². The first kappa shape index (κ1) is 15.7. The van der Waals surface area contributed by atoms with Gasteiger partial charge in [-0.25, -0.2) is 4.79 Å². The number of piperidine rings is 1. The molecular weight excluding hydrogens is 266 g/mol. The maximum atomic E-state index is 10.5. The molecule has 0 aliphatic carbocycles. The molecule has 1 aliphatic rings. The minimum Gasteiger partial charge on any atom is -0.478 e. The van der Waals surface area contributed by atoms with Crippen molar-refractivity contribution in [2.75, 3.05) is 26.8 Å². The number of ether oxygens (including phenoxy) is 1. The molecule has 0 amide bonds. The minimum absolute atomic E-state index is 0.704. The van der Waals surface area contributed by atoms with Crippen molar-refractivity contribution in [3.05, 3.63) is 41.5 Å². The van der Waals surface area contributed by atoms with Crippen LogP contribution in [0.25, 0.3) is 6.08 Å². The van der Waals surface area contributed by atoms with Gasteiger partial charge in [0.1, 0.15) is 0 Å². The Morgan fingerprint density at radius 3 is 2.57 bits per heavy atom. The Hall–Kier alpha value is -1.65. The third-order valence-corrected chi connectivity index (χ3v) is 3.91. The molecule has 0 saturated carbocycles. The molecule has 1 fully saturated rings. The number of likely N-dealkylation sites (tertiary alicyclic amines) is 1. The lowest BCUT2D eigenvalue weighted by molar-refractivity contribution is -0.131. The molecule has 1 aromatic carbocycles. The van der Waals surface area contributed by atoms with Gasteiger partial charge in [0.05, 0.1) is 0 Å². The average molecular weight is 289 g/mol. The van der Waals surface area contributed by atoms with E-state index in [0.29, 0.717) is 5.92 Å². The van der Waals surface area contributed by atoms with Gasteiger partial charge in [0, 0.05) is 26.3 Å². The van der Waals surface area contributed by atoms with Gasteiger partial charge in [-0.1, -0.05) is 24.3 Å². The van der Waals surface area contributed by atoms with Gasteiger partial charge in [-0.2, -0.15) is 0 Å². The van der Waals surface area contributed by atoms with Crippen molar-refractivity contribution in [3.63, 3.8) is 0 Å². The van der Waals surface area contributed by atoms with E-state index < -0.39 is 5.97 Å². The summed E-state index contributed by atoms with van der Waals surface area (Å²) in [4.78, 5) is 12.9. The quantitative estimate of drug-likeness (QED) is 0.818. The Morgan fingerprint density at radius 2 is 2.00 bits per heavy atom. The molecule has 0 bridgehead atoms. The highest BCUT2D eigenvalue weighted by molar-refractivity contribution is 5.85. The number of benzene rings is 1. The van der Waals surface area contributed by atoms with Crippen molar-refractivity contribution in [3.8, 4) is 0 Å². The second kappa shape index (κ2) is 7.96. The van der Waals surface area contributed by atoms with Crippen LogP contribution < -0.4 is 0 Å². The third kappa shape index (κ3) is 5.33. The summed E-state index contributed by atoms with van der Waals surface area (Å²) >= 11 is 0. The molecular formula is C17H23NO3. The first-order valence-corrected chi connectivity index (χ1v) is 7.38. The number of hydrogen-bond donors (Lipinski definition) is 1. The fraction of sp³-hybridized carbons (Fsp3) is 0.471. The van der Waals surface area contributed by atoms with Crippen molar-refractivity contribution in [1.29, 1.82) is 0 Å². The Labute approximate surface area is 126 Å². The van der Waals surface area contributed by atoms with Crippen molar-refractivity contribution in [2.24, 2.45) is 5.92 Å². The van der Waals surface area contributed by atoms with Gasteiger partial charge in [0.15, 0.2) is 0 Å². The van der Waals surface area contributed by atoms with E-state index in [2.05, 4.69) is 17.0 Å². The lowest BCUT2D eigenvalue weighted by atomic mass is 9.97. The van der Waals surface area contributed by atoms with Crippen LogP contribution in [0.1, 0.15) is 24.0 Å². The van der Waals surface area contributed by atoms with Crippen LogP contribution in [0.3, 0.4) is 0 Å². The van der Waals surface area contributed by atoms with Gasteiger partial charge < -0.3 is 9.84 Å². The summed E-state index contributed by atoms with van der Waals surface area (Å²) in [7, 11) is 1.77. The second-order valence-corrected chi connectivity index (χ2v) is 5.59. The standard InChI is InChI=1S/C17H23NO3/c1-21-13-16-8-10-18(11-9-16)12-15-4-2-14(3-5-15)6-7-17(19)20/h2-7,16H,8-13H2,1H3,(H,19,20). The molecule has 2 rings (SSSR count). The molecule has 114 valence electrons. The summed E-state index contributed by atoms with van der Waals surface area (Å²) in [5.74, 6) is -0.215. The van der Waals surface area contributed by atoms with E-state index in [1.165, 1.54) is 18.4 Å². The van der Waals surface area contributed by atoms with Crippen LogP contribution in [0.4, 0.5) is 0 Å². The summed E-state index contributed by atoms with van der Waals surface area (Å²) < 4.78 is 5.22. The fourth-order valence-electron chi connectivity index (χ4n) is 2.71. The molecule has 0 atom stereocenters. The molecule has 1 saturated heterocycles. The largest absolute Gasteiger partial charge is 0.478 e. The fourth-order valence-corrected chi connectivity index (χ4v) is 2.71. The average Bonchev–Trinajstić information content (AvgIpc) is 2.49. The highest BCUT2D eigenvalue weighted by atomic mass is 16.5. The van der Waals surface area contributed by atoms with Crippen LogP contribution in [0, 0.1) is 5.92 Å². The molecule has 1 aromatic rings. The van der Waals surface area contributed by atoms with E-state index in [-0.39, 0.29) is 0 Å². The number of hydrogen-bond acceptors (Lipinski definition) is 3. The zero-order valence-corrected chi connectivity index (χ0v) is 12.5. The normalized spacial score (nSPS) is 17.4. The van der Waals surface area contributed by atoms with E-state index in [1.54, 1.807) is 13.2 Å². The Morgan fingerprint density at radius 1 is 1.33 bits per heavy atom. The highest BCUT2D eigenvalue weighted by Crippen LogP contribution is 2.19. The van der Waals surface area contributed by atoms with Gasteiger partial charge in [0.2, 0.25) is 0 Å². The number of aliphatic carboxylic acids is 1. The summed E-state index contributed by atoms with van der Waals surface area (Å²) in [6.45, 7) is 4.07. The molecule has 0 spiro atoms. The molecule has 0 radical (unpaired) electrons. The van der Waals surface area contributed by atoms with E-state index in [1.807, 2.05) is 12.1 Å². The van der Waals surface area contributed by atoms with Gasteiger partial charge in [-0.15, -0.1) is 0 Å². The topological polar surface area (TPSA) is 49.8 Å². The number of methoxy groups -OCH3 is 1. The SMILES string of the molecule is COCC1CCN(Cc2ccc(C=CC(=O)O)cc2)CC1. The van der Waals surface area contributed by atoms with Crippen LogP contribution >= 0.6 is 0 Å². The first-order chi connectivity index (χ1) is 10.2. The lowest BCUT2D eigenvalue weighted by Gasteiger charge is -2.31.